The number of hydrogen-bond acceptors (Lipinski definition) is 1. The minimum atomic E-state index is -2.40. The van der Waals surface area contributed by atoms with Crippen LogP contribution >= 0.6 is 15.9 Å². The highest BCUT2D eigenvalue weighted by atomic mass is 79.9. The van der Waals surface area contributed by atoms with Crippen LogP contribution in [0.15, 0.2) is 59.6 Å². The van der Waals surface area contributed by atoms with Crippen molar-refractivity contribution >= 4 is 15.9 Å². The Morgan fingerprint density at radius 1 is 1.38 bits per heavy atom. The number of allylic oxidation sites excluding steroid dienone is 2. The first-order chi connectivity index (χ1) is 10.0. The molecule has 0 aliphatic carbocycles. The molecule has 1 aromatic carbocycles. The Bertz CT molecular complexity index is 482. The van der Waals surface area contributed by atoms with Crippen molar-refractivity contribution in [3.8, 4) is 5.75 Å². The zero-order chi connectivity index (χ0) is 16.3. The van der Waals surface area contributed by atoms with E-state index in [1.807, 2.05) is 13.8 Å². The number of ether oxygens (including phenoxy) is 1. The molecule has 4 heteroatoms. The SMILES string of the molecule is C=C/C=C\C(=C)COc1ccc(Br)cc1CC(F)F.CC. The molecule has 0 aliphatic rings. The first-order valence-electron chi connectivity index (χ1n) is 6.69. The maximum atomic E-state index is 12.5. The van der Waals surface area contributed by atoms with Crippen LogP contribution in [0, 0.1) is 0 Å². The zero-order valence-electron chi connectivity index (χ0n) is 12.4. The standard InChI is InChI=1S/C15H15BrF2O.C2H6/c1-3-4-5-11(2)10-19-14-7-6-13(16)8-12(14)9-15(17)18;1-2/h3-8,15H,1-2,9-10H2;1-2H3/b5-4-;. The molecule has 0 fully saturated rings. The third kappa shape index (κ3) is 8.45. The second-order valence-corrected chi connectivity index (χ2v) is 4.80. The highest BCUT2D eigenvalue weighted by molar-refractivity contribution is 9.10. The Labute approximate surface area is 134 Å². The predicted octanol–water partition coefficient (Wildman–Crippen LogP) is 5.96. The van der Waals surface area contributed by atoms with Gasteiger partial charge in [0.15, 0.2) is 0 Å². The fourth-order valence-corrected chi connectivity index (χ4v) is 1.85. The molecule has 0 saturated heterocycles. The van der Waals surface area contributed by atoms with Crippen molar-refractivity contribution in [1.29, 1.82) is 0 Å². The van der Waals surface area contributed by atoms with Crippen molar-refractivity contribution in [3.63, 3.8) is 0 Å². The van der Waals surface area contributed by atoms with Crippen molar-refractivity contribution in [1.82, 2.24) is 0 Å². The second-order valence-electron chi connectivity index (χ2n) is 3.89. The molecule has 0 saturated carbocycles. The van der Waals surface area contributed by atoms with Gasteiger partial charge in [0.1, 0.15) is 12.4 Å². The summed E-state index contributed by atoms with van der Waals surface area (Å²) >= 11 is 3.26. The molecular weight excluding hydrogens is 338 g/mol. The van der Waals surface area contributed by atoms with E-state index in [2.05, 4.69) is 29.1 Å². The van der Waals surface area contributed by atoms with Gasteiger partial charge in [-0.25, -0.2) is 8.78 Å². The summed E-state index contributed by atoms with van der Waals surface area (Å²) in [5.41, 5.74) is 1.22. The molecule has 116 valence electrons. The van der Waals surface area contributed by atoms with E-state index in [9.17, 15) is 8.78 Å². The van der Waals surface area contributed by atoms with E-state index in [0.717, 1.165) is 10.0 Å². The van der Waals surface area contributed by atoms with Gasteiger partial charge in [-0.2, -0.15) is 0 Å². The Balaban J connectivity index is 0.00000191. The molecule has 0 N–H and O–H groups in total. The summed E-state index contributed by atoms with van der Waals surface area (Å²) in [6, 6.07) is 5.07. The fourth-order valence-electron chi connectivity index (χ4n) is 1.44. The summed E-state index contributed by atoms with van der Waals surface area (Å²) in [6.45, 7) is 11.6. The summed E-state index contributed by atoms with van der Waals surface area (Å²) in [5, 5.41) is 0. The topological polar surface area (TPSA) is 9.23 Å². The molecule has 1 rings (SSSR count). The second kappa shape index (κ2) is 11.3. The van der Waals surface area contributed by atoms with Gasteiger partial charge >= 0.3 is 0 Å². The first kappa shape index (κ1) is 19.6. The Morgan fingerprint density at radius 3 is 2.62 bits per heavy atom. The van der Waals surface area contributed by atoms with Crippen molar-refractivity contribution < 1.29 is 13.5 Å². The molecule has 1 aromatic rings. The molecule has 0 spiro atoms. The molecule has 21 heavy (non-hydrogen) atoms. The summed E-state index contributed by atoms with van der Waals surface area (Å²) in [6.07, 6.45) is 2.41. The van der Waals surface area contributed by atoms with Crippen LogP contribution in [0.5, 0.6) is 5.75 Å². The lowest BCUT2D eigenvalue weighted by atomic mass is 10.1. The fraction of sp³-hybridized carbons (Fsp3) is 0.294. The Kier molecular flexibility index (Phi) is 10.5. The number of halogens is 3. The molecule has 0 unspecified atom stereocenters. The third-order valence-corrected chi connectivity index (χ3v) is 2.77. The number of rotatable bonds is 7. The average Bonchev–Trinajstić information content (AvgIpc) is 2.45. The molecule has 1 nitrogen and oxygen atoms in total. The van der Waals surface area contributed by atoms with Crippen LogP contribution in [0.2, 0.25) is 0 Å². The molecule has 0 heterocycles. The maximum Gasteiger partial charge on any atom is 0.242 e. The third-order valence-electron chi connectivity index (χ3n) is 2.28. The van der Waals surface area contributed by atoms with E-state index in [0.29, 0.717) is 11.3 Å². The van der Waals surface area contributed by atoms with E-state index < -0.39 is 6.43 Å². The van der Waals surface area contributed by atoms with Crippen LogP contribution < -0.4 is 4.74 Å². The van der Waals surface area contributed by atoms with Crippen LogP contribution in [0.25, 0.3) is 0 Å². The van der Waals surface area contributed by atoms with Gasteiger partial charge in [0.25, 0.3) is 0 Å². The first-order valence-corrected chi connectivity index (χ1v) is 7.48. The smallest absolute Gasteiger partial charge is 0.242 e. The summed E-state index contributed by atoms with van der Waals surface area (Å²) < 4.78 is 31.2. The van der Waals surface area contributed by atoms with Crippen LogP contribution in [-0.4, -0.2) is 13.0 Å². The summed E-state index contributed by atoms with van der Waals surface area (Å²) in [4.78, 5) is 0. The molecule has 0 bridgehead atoms. The largest absolute Gasteiger partial charge is 0.489 e. The molecule has 0 radical (unpaired) electrons. The minimum Gasteiger partial charge on any atom is -0.489 e. The van der Waals surface area contributed by atoms with Gasteiger partial charge in [0.05, 0.1) is 0 Å². The van der Waals surface area contributed by atoms with Crippen molar-refractivity contribution in [2.45, 2.75) is 26.7 Å². The van der Waals surface area contributed by atoms with E-state index in [1.165, 1.54) is 0 Å². The summed E-state index contributed by atoms with van der Waals surface area (Å²) in [5.74, 6) is 0.455. The van der Waals surface area contributed by atoms with E-state index in [1.54, 1.807) is 36.4 Å². The zero-order valence-corrected chi connectivity index (χ0v) is 14.0. The van der Waals surface area contributed by atoms with Crippen molar-refractivity contribution in [2.75, 3.05) is 6.61 Å². The van der Waals surface area contributed by atoms with Gasteiger partial charge in [-0.3, -0.25) is 0 Å². The van der Waals surface area contributed by atoms with Crippen LogP contribution in [0.1, 0.15) is 19.4 Å². The van der Waals surface area contributed by atoms with Crippen molar-refractivity contribution in [3.05, 3.63) is 65.2 Å². The van der Waals surface area contributed by atoms with Crippen molar-refractivity contribution in [2.24, 2.45) is 0 Å². The lowest BCUT2D eigenvalue weighted by Gasteiger charge is -2.12. The quantitative estimate of drug-likeness (QED) is 0.546. The van der Waals surface area contributed by atoms with Gasteiger partial charge in [0.2, 0.25) is 6.43 Å². The van der Waals surface area contributed by atoms with Crippen LogP contribution in [0.4, 0.5) is 8.78 Å². The number of benzene rings is 1. The highest BCUT2D eigenvalue weighted by Crippen LogP contribution is 2.25. The molecule has 0 aromatic heterocycles. The van der Waals surface area contributed by atoms with E-state index >= 15 is 0 Å². The number of alkyl halides is 2. The summed E-state index contributed by atoms with van der Waals surface area (Å²) in [7, 11) is 0. The normalized spacial score (nSPS) is 10.2. The molecule has 0 aliphatic heterocycles. The molecule has 0 atom stereocenters. The van der Waals surface area contributed by atoms with Gasteiger partial charge < -0.3 is 4.74 Å². The van der Waals surface area contributed by atoms with Crippen LogP contribution in [-0.2, 0) is 6.42 Å². The lowest BCUT2D eigenvalue weighted by Crippen LogP contribution is -2.04. The lowest BCUT2D eigenvalue weighted by molar-refractivity contribution is 0.147. The van der Waals surface area contributed by atoms with E-state index in [-0.39, 0.29) is 13.0 Å². The van der Waals surface area contributed by atoms with E-state index in [4.69, 9.17) is 4.74 Å². The molecule has 0 amide bonds. The number of hydrogen-bond donors (Lipinski definition) is 0. The van der Waals surface area contributed by atoms with Gasteiger partial charge in [-0.05, 0) is 23.8 Å². The monoisotopic (exact) mass is 358 g/mol. The van der Waals surface area contributed by atoms with Gasteiger partial charge in [-0.1, -0.05) is 61.2 Å². The Morgan fingerprint density at radius 2 is 2.05 bits per heavy atom. The van der Waals surface area contributed by atoms with Gasteiger partial charge in [-0.15, -0.1) is 0 Å². The van der Waals surface area contributed by atoms with Gasteiger partial charge in [0, 0.05) is 16.5 Å². The minimum absolute atomic E-state index is 0.252. The maximum absolute atomic E-state index is 12.5. The highest BCUT2D eigenvalue weighted by Gasteiger charge is 2.11. The average molecular weight is 359 g/mol. The molecular formula is C17H21BrF2O. The predicted molar refractivity (Wildman–Crippen MR) is 89.2 cm³/mol. The Hall–Kier alpha value is -1.42. The van der Waals surface area contributed by atoms with Crippen LogP contribution in [0.3, 0.4) is 0 Å².